The van der Waals surface area contributed by atoms with Gasteiger partial charge in [0, 0.05) is 20.1 Å². The average molecular weight is 248 g/mol. The first-order chi connectivity index (χ1) is 8.69. The topological polar surface area (TPSA) is 64.3 Å². The fourth-order valence-corrected chi connectivity index (χ4v) is 2.10. The number of imidazole rings is 1. The molecule has 2 aromatic rings. The number of rotatable bonds is 5. The van der Waals surface area contributed by atoms with Gasteiger partial charge in [0.2, 0.25) is 0 Å². The van der Waals surface area contributed by atoms with E-state index < -0.39 is 5.97 Å². The highest BCUT2D eigenvalue weighted by Crippen LogP contribution is 2.21. The largest absolute Gasteiger partial charge is 0.478 e. The smallest absolute Gasteiger partial charge is 0.337 e. The molecule has 0 spiro atoms. The van der Waals surface area contributed by atoms with Crippen LogP contribution in [0.2, 0.25) is 0 Å². The van der Waals surface area contributed by atoms with Crippen LogP contribution < -0.4 is 0 Å². The number of aryl methyl sites for hydroxylation is 1. The molecule has 96 valence electrons. The zero-order valence-corrected chi connectivity index (χ0v) is 10.5. The minimum atomic E-state index is -0.929. The predicted octanol–water partition coefficient (Wildman–Crippen LogP) is 1.94. The molecule has 1 heterocycles. The van der Waals surface area contributed by atoms with E-state index in [2.05, 4.69) is 4.98 Å². The van der Waals surface area contributed by atoms with Crippen LogP contribution in [0.3, 0.4) is 0 Å². The number of aromatic carboxylic acids is 1. The van der Waals surface area contributed by atoms with Gasteiger partial charge >= 0.3 is 5.97 Å². The van der Waals surface area contributed by atoms with Crippen LogP contribution in [0.15, 0.2) is 18.2 Å². The zero-order chi connectivity index (χ0) is 13.1. The second-order valence-electron chi connectivity index (χ2n) is 4.00. The Balaban J connectivity index is 2.66. The number of carbonyl (C=O) groups is 1. The number of carboxylic acids is 1. The minimum Gasteiger partial charge on any atom is -0.478 e. The molecule has 2 rings (SSSR count). The van der Waals surface area contributed by atoms with Crippen molar-refractivity contribution < 1.29 is 14.6 Å². The number of aromatic nitrogens is 2. The highest BCUT2D eigenvalue weighted by Gasteiger charge is 2.16. The lowest BCUT2D eigenvalue weighted by atomic mass is 10.2. The predicted molar refractivity (Wildman–Crippen MR) is 67.9 cm³/mol. The fourth-order valence-electron chi connectivity index (χ4n) is 2.10. The van der Waals surface area contributed by atoms with Crippen LogP contribution >= 0.6 is 0 Å². The van der Waals surface area contributed by atoms with Gasteiger partial charge in [-0.15, -0.1) is 0 Å². The van der Waals surface area contributed by atoms with Crippen LogP contribution in [-0.2, 0) is 17.7 Å². The van der Waals surface area contributed by atoms with Crippen molar-refractivity contribution in [2.45, 2.75) is 19.9 Å². The highest BCUT2D eigenvalue weighted by atomic mass is 16.5. The van der Waals surface area contributed by atoms with Crippen LogP contribution in [0.5, 0.6) is 0 Å². The molecule has 1 N–H and O–H groups in total. The molecule has 0 fully saturated rings. The van der Waals surface area contributed by atoms with E-state index in [1.54, 1.807) is 19.2 Å². The van der Waals surface area contributed by atoms with Crippen molar-refractivity contribution in [1.29, 1.82) is 0 Å². The zero-order valence-electron chi connectivity index (χ0n) is 10.5. The third kappa shape index (κ3) is 2.09. The number of ether oxygens (including phenoxy) is 1. The lowest BCUT2D eigenvalue weighted by molar-refractivity contribution is 0.0698. The van der Waals surface area contributed by atoms with Crippen LogP contribution in [0.25, 0.3) is 11.0 Å². The lowest BCUT2D eigenvalue weighted by Crippen LogP contribution is -2.10. The Bertz CT molecular complexity index is 575. The summed E-state index contributed by atoms with van der Waals surface area (Å²) in [6.45, 7) is 3.15. The Morgan fingerprint density at radius 3 is 2.89 bits per heavy atom. The van der Waals surface area contributed by atoms with E-state index in [9.17, 15) is 9.90 Å². The second kappa shape index (κ2) is 5.18. The summed E-state index contributed by atoms with van der Waals surface area (Å²) >= 11 is 0. The van der Waals surface area contributed by atoms with Crippen LogP contribution in [0, 0.1) is 0 Å². The van der Waals surface area contributed by atoms with Crippen molar-refractivity contribution in [3.8, 4) is 0 Å². The molecule has 0 amide bonds. The van der Waals surface area contributed by atoms with Gasteiger partial charge in [-0.25, -0.2) is 9.78 Å². The molecule has 0 aliphatic heterocycles. The van der Waals surface area contributed by atoms with Gasteiger partial charge in [0.25, 0.3) is 0 Å². The van der Waals surface area contributed by atoms with Crippen molar-refractivity contribution >= 4 is 17.0 Å². The summed E-state index contributed by atoms with van der Waals surface area (Å²) in [6, 6.07) is 5.16. The van der Waals surface area contributed by atoms with Crippen molar-refractivity contribution in [3.63, 3.8) is 0 Å². The molecular weight excluding hydrogens is 232 g/mol. The number of methoxy groups -OCH3 is 1. The standard InChI is InChI=1S/C13H16N2O3/c1-3-11-14-10-6-4-5-9(13(16)17)12(10)15(11)7-8-18-2/h4-6H,3,7-8H2,1-2H3,(H,16,17). The molecule has 1 aromatic heterocycles. The van der Waals surface area contributed by atoms with E-state index in [0.717, 1.165) is 17.8 Å². The number of nitrogens with zero attached hydrogens (tertiary/aromatic N) is 2. The summed E-state index contributed by atoms with van der Waals surface area (Å²) in [5.74, 6) is -0.0439. The Kier molecular flexibility index (Phi) is 3.62. The second-order valence-corrected chi connectivity index (χ2v) is 4.00. The number of hydrogen-bond acceptors (Lipinski definition) is 3. The molecule has 0 saturated heterocycles. The van der Waals surface area contributed by atoms with Crippen molar-refractivity contribution in [2.75, 3.05) is 13.7 Å². The van der Waals surface area contributed by atoms with Gasteiger partial charge in [0.15, 0.2) is 0 Å². The first-order valence-electron chi connectivity index (χ1n) is 5.89. The molecule has 0 radical (unpaired) electrons. The Hall–Kier alpha value is -1.88. The highest BCUT2D eigenvalue weighted by molar-refractivity contribution is 6.01. The monoisotopic (exact) mass is 248 g/mol. The quantitative estimate of drug-likeness (QED) is 0.878. The lowest BCUT2D eigenvalue weighted by Gasteiger charge is -2.08. The van der Waals surface area contributed by atoms with Crippen LogP contribution in [0.4, 0.5) is 0 Å². The summed E-state index contributed by atoms with van der Waals surface area (Å²) in [4.78, 5) is 15.7. The number of hydrogen-bond donors (Lipinski definition) is 1. The van der Waals surface area contributed by atoms with E-state index in [-0.39, 0.29) is 5.56 Å². The molecular formula is C13H16N2O3. The van der Waals surface area contributed by atoms with Gasteiger partial charge in [0.1, 0.15) is 5.82 Å². The van der Waals surface area contributed by atoms with E-state index in [1.807, 2.05) is 17.6 Å². The van der Waals surface area contributed by atoms with Crippen molar-refractivity contribution in [1.82, 2.24) is 9.55 Å². The maximum absolute atomic E-state index is 11.3. The molecule has 0 aliphatic carbocycles. The molecule has 18 heavy (non-hydrogen) atoms. The number of fused-ring (bicyclic) bond motifs is 1. The van der Waals surface area contributed by atoms with Gasteiger partial charge < -0.3 is 14.4 Å². The molecule has 0 aliphatic rings. The minimum absolute atomic E-state index is 0.288. The van der Waals surface area contributed by atoms with Crippen LogP contribution in [0.1, 0.15) is 23.1 Å². The fraction of sp³-hybridized carbons (Fsp3) is 0.385. The molecule has 5 heteroatoms. The molecule has 1 aromatic carbocycles. The van der Waals surface area contributed by atoms with Gasteiger partial charge in [-0.1, -0.05) is 13.0 Å². The van der Waals surface area contributed by atoms with Crippen molar-refractivity contribution in [2.24, 2.45) is 0 Å². The Morgan fingerprint density at radius 2 is 2.28 bits per heavy atom. The number of carboxylic acid groups (broad SMARTS) is 1. The average Bonchev–Trinajstić information content (AvgIpc) is 2.73. The van der Waals surface area contributed by atoms with E-state index in [0.29, 0.717) is 18.7 Å². The first kappa shape index (κ1) is 12.6. The Labute approximate surface area is 105 Å². The third-order valence-corrected chi connectivity index (χ3v) is 2.91. The van der Waals surface area contributed by atoms with E-state index >= 15 is 0 Å². The SMILES string of the molecule is CCc1nc2cccc(C(=O)O)c2n1CCOC. The Morgan fingerprint density at radius 1 is 1.50 bits per heavy atom. The molecule has 0 unspecified atom stereocenters. The maximum atomic E-state index is 11.3. The van der Waals surface area contributed by atoms with E-state index in [4.69, 9.17) is 4.74 Å². The van der Waals surface area contributed by atoms with Gasteiger partial charge in [0.05, 0.1) is 23.2 Å². The summed E-state index contributed by atoms with van der Waals surface area (Å²) in [6.07, 6.45) is 0.761. The van der Waals surface area contributed by atoms with Gasteiger partial charge in [-0.05, 0) is 12.1 Å². The number of benzene rings is 1. The normalized spacial score (nSPS) is 11.0. The van der Waals surface area contributed by atoms with Gasteiger partial charge in [-0.2, -0.15) is 0 Å². The molecule has 0 saturated carbocycles. The van der Waals surface area contributed by atoms with Crippen molar-refractivity contribution in [3.05, 3.63) is 29.6 Å². The molecule has 0 atom stereocenters. The summed E-state index contributed by atoms with van der Waals surface area (Å²) in [5, 5.41) is 9.24. The van der Waals surface area contributed by atoms with E-state index in [1.165, 1.54) is 0 Å². The number of para-hydroxylation sites is 1. The summed E-state index contributed by atoms with van der Waals surface area (Å²) < 4.78 is 7.00. The molecule has 5 nitrogen and oxygen atoms in total. The first-order valence-corrected chi connectivity index (χ1v) is 5.89. The van der Waals surface area contributed by atoms with Gasteiger partial charge in [-0.3, -0.25) is 0 Å². The third-order valence-electron chi connectivity index (χ3n) is 2.91. The summed E-state index contributed by atoms with van der Waals surface area (Å²) in [5.41, 5.74) is 1.69. The van der Waals surface area contributed by atoms with Crippen LogP contribution in [-0.4, -0.2) is 34.3 Å². The maximum Gasteiger partial charge on any atom is 0.337 e. The summed E-state index contributed by atoms with van der Waals surface area (Å²) in [7, 11) is 1.63. The molecule has 0 bridgehead atoms.